The molecule has 0 fully saturated rings. The van der Waals surface area contributed by atoms with Crippen molar-refractivity contribution in [3.63, 3.8) is 0 Å². The van der Waals surface area contributed by atoms with Crippen molar-refractivity contribution in [1.82, 2.24) is 5.32 Å². The summed E-state index contributed by atoms with van der Waals surface area (Å²) in [4.78, 5) is 21.4. The molecule has 1 amide bonds. The fourth-order valence-corrected chi connectivity index (χ4v) is 1.25. The van der Waals surface area contributed by atoms with E-state index in [4.69, 9.17) is 0 Å². The highest BCUT2D eigenvalue weighted by Crippen LogP contribution is 2.03. The Labute approximate surface area is 83.1 Å². The number of hydrogen-bond donors (Lipinski definition) is 1. The third kappa shape index (κ3) is 3.01. The summed E-state index contributed by atoms with van der Waals surface area (Å²) in [5.74, 6) is -0.0269. The molecule has 0 aliphatic rings. The van der Waals surface area contributed by atoms with Crippen molar-refractivity contribution in [3.8, 4) is 0 Å². The second-order valence-corrected chi connectivity index (χ2v) is 3.14. The quantitative estimate of drug-likeness (QED) is 0.704. The second-order valence-electron chi connectivity index (χ2n) is 3.14. The first-order chi connectivity index (χ1) is 6.74. The van der Waals surface area contributed by atoms with Crippen molar-refractivity contribution < 1.29 is 9.59 Å². The minimum absolute atomic E-state index is 0.0269. The predicted molar refractivity (Wildman–Crippen MR) is 53.8 cm³/mol. The Bertz CT molecular complexity index is 308. The zero-order chi connectivity index (χ0) is 10.4. The lowest BCUT2D eigenvalue weighted by Crippen LogP contribution is -2.36. The smallest absolute Gasteiger partial charge is 0.207 e. The summed E-state index contributed by atoms with van der Waals surface area (Å²) < 4.78 is 0. The second kappa shape index (κ2) is 5.17. The Balaban J connectivity index is 2.64. The first kappa shape index (κ1) is 10.4. The number of carbonyl (C=O) groups is 2. The summed E-state index contributed by atoms with van der Waals surface area (Å²) in [6.07, 6.45) is 1.12. The molecule has 0 aliphatic heterocycles. The van der Waals surface area contributed by atoms with Crippen LogP contribution < -0.4 is 5.32 Å². The minimum atomic E-state index is -0.408. The van der Waals surface area contributed by atoms with Crippen molar-refractivity contribution in [2.24, 2.45) is 0 Å². The third-order valence-electron chi connectivity index (χ3n) is 2.04. The van der Waals surface area contributed by atoms with Gasteiger partial charge in [-0.1, -0.05) is 30.3 Å². The molecule has 1 aromatic carbocycles. The van der Waals surface area contributed by atoms with Gasteiger partial charge in [0.1, 0.15) is 0 Å². The SMILES string of the molecule is CC(=O)[C@@H](Cc1ccccc1)NC=O. The fraction of sp³-hybridized carbons (Fsp3) is 0.273. The van der Waals surface area contributed by atoms with Crippen LogP contribution in [-0.4, -0.2) is 18.2 Å². The number of hydrogen-bond acceptors (Lipinski definition) is 2. The van der Waals surface area contributed by atoms with Gasteiger partial charge in [0.15, 0.2) is 5.78 Å². The van der Waals surface area contributed by atoms with Crippen LogP contribution in [0.5, 0.6) is 0 Å². The number of Topliss-reactive ketones (excluding diaryl/α,β-unsaturated/α-hetero) is 1. The maximum atomic E-state index is 11.1. The molecular weight excluding hydrogens is 178 g/mol. The van der Waals surface area contributed by atoms with Crippen LogP contribution in [0.3, 0.4) is 0 Å². The molecule has 0 bridgehead atoms. The summed E-state index contributed by atoms with van der Waals surface area (Å²) in [7, 11) is 0. The van der Waals surface area contributed by atoms with Crippen LogP contribution in [0, 0.1) is 0 Å². The Morgan fingerprint density at radius 3 is 2.57 bits per heavy atom. The van der Waals surface area contributed by atoms with E-state index in [-0.39, 0.29) is 5.78 Å². The van der Waals surface area contributed by atoms with E-state index >= 15 is 0 Å². The van der Waals surface area contributed by atoms with E-state index in [1.165, 1.54) is 6.92 Å². The minimum Gasteiger partial charge on any atom is -0.349 e. The molecule has 3 nitrogen and oxygen atoms in total. The molecule has 1 atom stereocenters. The average Bonchev–Trinajstić information content (AvgIpc) is 2.18. The van der Waals surface area contributed by atoms with E-state index in [1.54, 1.807) is 0 Å². The number of rotatable bonds is 5. The number of ketones is 1. The molecule has 0 aliphatic carbocycles. The lowest BCUT2D eigenvalue weighted by Gasteiger charge is -2.12. The van der Waals surface area contributed by atoms with Crippen molar-refractivity contribution in [2.45, 2.75) is 19.4 Å². The highest BCUT2D eigenvalue weighted by molar-refractivity contribution is 5.83. The van der Waals surface area contributed by atoms with Crippen LogP contribution in [0.2, 0.25) is 0 Å². The summed E-state index contributed by atoms with van der Waals surface area (Å²) in [6.45, 7) is 1.48. The third-order valence-corrected chi connectivity index (χ3v) is 2.04. The average molecular weight is 191 g/mol. The molecule has 3 heteroatoms. The summed E-state index contributed by atoms with van der Waals surface area (Å²) >= 11 is 0. The number of carbonyl (C=O) groups excluding carboxylic acids is 2. The largest absolute Gasteiger partial charge is 0.349 e. The zero-order valence-corrected chi connectivity index (χ0v) is 8.07. The number of nitrogens with one attached hydrogen (secondary N) is 1. The molecule has 0 spiro atoms. The van der Waals surface area contributed by atoms with Crippen LogP contribution in [0.4, 0.5) is 0 Å². The summed E-state index contributed by atoms with van der Waals surface area (Å²) in [6, 6.07) is 9.19. The van der Waals surface area contributed by atoms with Crippen LogP contribution in [0.15, 0.2) is 30.3 Å². The van der Waals surface area contributed by atoms with Crippen molar-refractivity contribution in [1.29, 1.82) is 0 Å². The van der Waals surface area contributed by atoms with Crippen molar-refractivity contribution in [2.75, 3.05) is 0 Å². The van der Waals surface area contributed by atoms with Crippen LogP contribution >= 0.6 is 0 Å². The number of benzene rings is 1. The maximum Gasteiger partial charge on any atom is 0.207 e. The van der Waals surface area contributed by atoms with E-state index < -0.39 is 6.04 Å². The predicted octanol–water partition coefficient (Wildman–Crippen LogP) is 0.933. The van der Waals surface area contributed by atoms with Gasteiger partial charge in [-0.15, -0.1) is 0 Å². The van der Waals surface area contributed by atoms with Gasteiger partial charge in [0.2, 0.25) is 6.41 Å². The molecule has 1 aromatic rings. The lowest BCUT2D eigenvalue weighted by molar-refractivity contribution is -0.121. The Kier molecular flexibility index (Phi) is 3.85. The molecule has 0 heterocycles. The zero-order valence-electron chi connectivity index (χ0n) is 8.07. The normalized spacial score (nSPS) is 11.8. The van der Waals surface area contributed by atoms with Gasteiger partial charge in [0.25, 0.3) is 0 Å². The molecule has 74 valence electrons. The van der Waals surface area contributed by atoms with Crippen LogP contribution in [0.25, 0.3) is 0 Å². The van der Waals surface area contributed by atoms with Gasteiger partial charge in [-0.25, -0.2) is 0 Å². The van der Waals surface area contributed by atoms with E-state index in [1.807, 2.05) is 30.3 Å². The van der Waals surface area contributed by atoms with E-state index in [2.05, 4.69) is 5.32 Å². The Morgan fingerprint density at radius 2 is 2.07 bits per heavy atom. The van der Waals surface area contributed by atoms with E-state index in [0.717, 1.165) is 5.56 Å². The van der Waals surface area contributed by atoms with Gasteiger partial charge in [0.05, 0.1) is 6.04 Å². The molecule has 1 rings (SSSR count). The van der Waals surface area contributed by atoms with Gasteiger partial charge in [0, 0.05) is 0 Å². The van der Waals surface area contributed by atoms with Gasteiger partial charge in [-0.3, -0.25) is 9.59 Å². The molecule has 0 saturated heterocycles. The lowest BCUT2D eigenvalue weighted by atomic mass is 10.0. The maximum absolute atomic E-state index is 11.1. The van der Waals surface area contributed by atoms with Crippen LogP contribution in [0.1, 0.15) is 12.5 Å². The summed E-state index contributed by atoms with van der Waals surface area (Å²) in [5.41, 5.74) is 1.04. The van der Waals surface area contributed by atoms with Crippen molar-refractivity contribution in [3.05, 3.63) is 35.9 Å². The van der Waals surface area contributed by atoms with Crippen molar-refractivity contribution >= 4 is 12.2 Å². The molecule has 1 N–H and O–H groups in total. The van der Waals surface area contributed by atoms with Gasteiger partial charge in [-0.2, -0.15) is 0 Å². The Morgan fingerprint density at radius 1 is 1.43 bits per heavy atom. The molecule has 14 heavy (non-hydrogen) atoms. The molecular formula is C11H13NO2. The first-order valence-electron chi connectivity index (χ1n) is 4.48. The molecule has 0 saturated carbocycles. The molecule has 0 radical (unpaired) electrons. The molecule has 0 aromatic heterocycles. The van der Waals surface area contributed by atoms with E-state index in [9.17, 15) is 9.59 Å². The van der Waals surface area contributed by atoms with Crippen LogP contribution in [-0.2, 0) is 16.0 Å². The number of amides is 1. The van der Waals surface area contributed by atoms with Gasteiger partial charge >= 0.3 is 0 Å². The Hall–Kier alpha value is -1.64. The van der Waals surface area contributed by atoms with Gasteiger partial charge in [-0.05, 0) is 18.9 Å². The first-order valence-corrected chi connectivity index (χ1v) is 4.48. The molecule has 0 unspecified atom stereocenters. The standard InChI is InChI=1S/C11H13NO2/c1-9(14)11(12-8-13)7-10-5-3-2-4-6-10/h2-6,8,11H,7H2,1H3,(H,12,13)/t11-/m1/s1. The topological polar surface area (TPSA) is 46.2 Å². The van der Waals surface area contributed by atoms with E-state index in [0.29, 0.717) is 12.8 Å². The fourth-order valence-electron chi connectivity index (χ4n) is 1.25. The highest BCUT2D eigenvalue weighted by Gasteiger charge is 2.12. The summed E-state index contributed by atoms with van der Waals surface area (Å²) in [5, 5.41) is 2.50. The van der Waals surface area contributed by atoms with Gasteiger partial charge < -0.3 is 5.32 Å². The highest BCUT2D eigenvalue weighted by atomic mass is 16.1. The monoisotopic (exact) mass is 191 g/mol.